The summed E-state index contributed by atoms with van der Waals surface area (Å²) in [6.45, 7) is 3.33. The zero-order valence-electron chi connectivity index (χ0n) is 16.5. The summed E-state index contributed by atoms with van der Waals surface area (Å²) in [4.78, 5) is 2.47. The summed E-state index contributed by atoms with van der Waals surface area (Å²) >= 11 is 0. The molecule has 4 rings (SSSR count). The van der Waals surface area contributed by atoms with E-state index in [0.717, 1.165) is 31.8 Å². The van der Waals surface area contributed by atoms with Crippen LogP contribution < -0.4 is 4.74 Å². The lowest BCUT2D eigenvalue weighted by Crippen LogP contribution is -2.47. The van der Waals surface area contributed by atoms with Crippen LogP contribution in [0.2, 0.25) is 0 Å². The maximum Gasteiger partial charge on any atom is 0.211 e. The van der Waals surface area contributed by atoms with Crippen LogP contribution in [0.25, 0.3) is 0 Å². The van der Waals surface area contributed by atoms with E-state index in [1.54, 1.807) is 11.4 Å². The molecule has 0 spiro atoms. The van der Waals surface area contributed by atoms with Crippen molar-refractivity contribution in [3.05, 3.63) is 65.7 Å². The standard InChI is InChI=1S/C22H28N2O3S/c1-27-19-10-8-18(9-11-19)20-16-24(28(2,25)26)22-12-13-23(15-21(20)22)14-17-6-4-3-5-7-17/h3-11,20-22H,12-16H2,1-2H3/t20-,21-,22-/m1/s1. The van der Waals surface area contributed by atoms with Crippen LogP contribution in [0.5, 0.6) is 5.75 Å². The quantitative estimate of drug-likeness (QED) is 0.774. The summed E-state index contributed by atoms with van der Waals surface area (Å²) in [5.41, 5.74) is 2.50. The van der Waals surface area contributed by atoms with Crippen LogP contribution in [0.1, 0.15) is 23.5 Å². The first-order valence-corrected chi connectivity index (χ1v) is 11.7. The Morgan fingerprint density at radius 1 is 1.04 bits per heavy atom. The summed E-state index contributed by atoms with van der Waals surface area (Å²) in [5, 5.41) is 0. The summed E-state index contributed by atoms with van der Waals surface area (Å²) in [7, 11) is -1.55. The molecule has 0 bridgehead atoms. The SMILES string of the molecule is COc1ccc([C@H]2CN(S(C)(=O)=O)[C@@H]3CCN(Cc4ccccc4)C[C@H]23)cc1. The Bertz CT molecular complexity index is 899. The number of hydrogen-bond donors (Lipinski definition) is 0. The Morgan fingerprint density at radius 2 is 1.75 bits per heavy atom. The Labute approximate surface area is 168 Å². The monoisotopic (exact) mass is 400 g/mol. The number of likely N-dealkylation sites (tertiary alicyclic amines) is 1. The van der Waals surface area contributed by atoms with Crippen LogP contribution in [0.4, 0.5) is 0 Å². The third kappa shape index (κ3) is 3.95. The second kappa shape index (κ2) is 7.85. The van der Waals surface area contributed by atoms with E-state index in [1.807, 2.05) is 18.2 Å². The number of fused-ring (bicyclic) bond motifs is 1. The van der Waals surface area contributed by atoms with Crippen molar-refractivity contribution >= 4 is 10.0 Å². The fourth-order valence-corrected chi connectivity index (χ4v) is 6.01. The van der Waals surface area contributed by atoms with Gasteiger partial charge in [0.05, 0.1) is 13.4 Å². The van der Waals surface area contributed by atoms with Gasteiger partial charge in [0.25, 0.3) is 0 Å². The highest BCUT2D eigenvalue weighted by atomic mass is 32.2. The fourth-order valence-electron chi connectivity index (χ4n) is 4.83. The van der Waals surface area contributed by atoms with Gasteiger partial charge in [-0.25, -0.2) is 8.42 Å². The Morgan fingerprint density at radius 3 is 2.39 bits per heavy atom. The van der Waals surface area contributed by atoms with Gasteiger partial charge in [-0.2, -0.15) is 4.31 Å². The molecular weight excluding hydrogens is 372 g/mol. The minimum atomic E-state index is -3.21. The Hall–Kier alpha value is -1.89. The van der Waals surface area contributed by atoms with Crippen molar-refractivity contribution < 1.29 is 13.2 Å². The molecule has 0 unspecified atom stereocenters. The van der Waals surface area contributed by atoms with Gasteiger partial charge in [0.2, 0.25) is 10.0 Å². The van der Waals surface area contributed by atoms with E-state index in [4.69, 9.17) is 4.74 Å². The van der Waals surface area contributed by atoms with E-state index in [2.05, 4.69) is 41.3 Å². The highest BCUT2D eigenvalue weighted by molar-refractivity contribution is 7.88. The van der Waals surface area contributed by atoms with Gasteiger partial charge in [-0.15, -0.1) is 0 Å². The highest BCUT2D eigenvalue weighted by Crippen LogP contribution is 2.43. The number of piperidine rings is 1. The van der Waals surface area contributed by atoms with Crippen LogP contribution in [0.3, 0.4) is 0 Å². The number of sulfonamides is 1. The smallest absolute Gasteiger partial charge is 0.211 e. The summed E-state index contributed by atoms with van der Waals surface area (Å²) in [5.74, 6) is 1.34. The van der Waals surface area contributed by atoms with Gasteiger partial charge in [0.15, 0.2) is 0 Å². The molecular formula is C22H28N2O3S. The van der Waals surface area contributed by atoms with Crippen molar-refractivity contribution in [1.29, 1.82) is 0 Å². The van der Waals surface area contributed by atoms with Crippen LogP contribution in [-0.2, 0) is 16.6 Å². The highest BCUT2D eigenvalue weighted by Gasteiger charge is 2.48. The maximum atomic E-state index is 12.4. The van der Waals surface area contributed by atoms with E-state index < -0.39 is 10.0 Å². The van der Waals surface area contributed by atoms with Crippen LogP contribution >= 0.6 is 0 Å². The molecule has 0 radical (unpaired) electrons. The van der Waals surface area contributed by atoms with Gasteiger partial charge in [-0.3, -0.25) is 4.90 Å². The normalized spacial score (nSPS) is 26.1. The minimum absolute atomic E-state index is 0.0918. The summed E-state index contributed by atoms with van der Waals surface area (Å²) in [6.07, 6.45) is 2.23. The number of methoxy groups -OCH3 is 1. The molecule has 2 aromatic carbocycles. The van der Waals surface area contributed by atoms with Crippen LogP contribution in [-0.4, -0.2) is 56.7 Å². The van der Waals surface area contributed by atoms with E-state index in [-0.39, 0.29) is 12.0 Å². The summed E-state index contributed by atoms with van der Waals surface area (Å²) < 4.78 is 31.9. The second-order valence-corrected chi connectivity index (χ2v) is 9.89. The lowest BCUT2D eigenvalue weighted by Gasteiger charge is -2.38. The average Bonchev–Trinajstić information content (AvgIpc) is 3.08. The third-order valence-electron chi connectivity index (χ3n) is 6.19. The topological polar surface area (TPSA) is 49.9 Å². The molecule has 150 valence electrons. The first-order valence-electron chi connectivity index (χ1n) is 9.83. The van der Waals surface area contributed by atoms with E-state index in [9.17, 15) is 8.42 Å². The Kier molecular flexibility index (Phi) is 5.45. The van der Waals surface area contributed by atoms with Crippen molar-refractivity contribution in [2.24, 2.45) is 5.92 Å². The molecule has 2 aromatic rings. The van der Waals surface area contributed by atoms with Crippen molar-refractivity contribution in [2.45, 2.75) is 24.9 Å². The van der Waals surface area contributed by atoms with Crippen LogP contribution in [0.15, 0.2) is 54.6 Å². The molecule has 3 atom stereocenters. The zero-order valence-corrected chi connectivity index (χ0v) is 17.3. The largest absolute Gasteiger partial charge is 0.497 e. The van der Waals surface area contributed by atoms with Gasteiger partial charge < -0.3 is 4.74 Å². The predicted molar refractivity (Wildman–Crippen MR) is 111 cm³/mol. The molecule has 0 N–H and O–H groups in total. The van der Waals surface area contributed by atoms with Crippen molar-refractivity contribution in [3.63, 3.8) is 0 Å². The molecule has 2 saturated heterocycles. The lowest BCUT2D eigenvalue weighted by molar-refractivity contribution is 0.130. The van der Waals surface area contributed by atoms with Gasteiger partial charge in [-0.05, 0) is 35.6 Å². The number of ether oxygens (including phenoxy) is 1. The molecule has 0 aromatic heterocycles. The number of nitrogens with zero attached hydrogens (tertiary/aromatic N) is 2. The van der Waals surface area contributed by atoms with Gasteiger partial charge in [0.1, 0.15) is 5.75 Å². The minimum Gasteiger partial charge on any atom is -0.497 e. The van der Waals surface area contributed by atoms with Gasteiger partial charge in [0, 0.05) is 38.1 Å². The first kappa shape index (κ1) is 19.4. The van der Waals surface area contributed by atoms with Crippen molar-refractivity contribution in [3.8, 4) is 5.75 Å². The molecule has 5 nitrogen and oxygen atoms in total. The third-order valence-corrected chi connectivity index (χ3v) is 7.46. The molecule has 0 aliphatic carbocycles. The molecule has 2 aliphatic heterocycles. The van der Waals surface area contributed by atoms with Crippen molar-refractivity contribution in [1.82, 2.24) is 9.21 Å². The second-order valence-electron chi connectivity index (χ2n) is 7.95. The molecule has 28 heavy (non-hydrogen) atoms. The van der Waals surface area contributed by atoms with E-state index >= 15 is 0 Å². The van der Waals surface area contributed by atoms with Crippen molar-refractivity contribution in [2.75, 3.05) is 33.0 Å². The zero-order chi connectivity index (χ0) is 19.7. The number of hydrogen-bond acceptors (Lipinski definition) is 4. The van der Waals surface area contributed by atoms with E-state index in [1.165, 1.54) is 17.4 Å². The molecule has 2 heterocycles. The molecule has 6 heteroatoms. The average molecular weight is 401 g/mol. The van der Waals surface area contributed by atoms with Crippen LogP contribution in [0, 0.1) is 5.92 Å². The number of rotatable bonds is 5. The van der Waals surface area contributed by atoms with E-state index in [0.29, 0.717) is 12.5 Å². The first-order chi connectivity index (χ1) is 13.5. The summed E-state index contributed by atoms with van der Waals surface area (Å²) in [6, 6.07) is 18.7. The van der Waals surface area contributed by atoms with Gasteiger partial charge >= 0.3 is 0 Å². The molecule has 2 aliphatic rings. The predicted octanol–water partition coefficient (Wildman–Crippen LogP) is 2.94. The molecule has 2 fully saturated rings. The Balaban J connectivity index is 1.58. The number of benzene rings is 2. The fraction of sp³-hybridized carbons (Fsp3) is 0.455. The van der Waals surface area contributed by atoms with Gasteiger partial charge in [-0.1, -0.05) is 42.5 Å². The molecule has 0 amide bonds. The maximum absolute atomic E-state index is 12.4. The lowest BCUT2D eigenvalue weighted by atomic mass is 9.82. The molecule has 0 saturated carbocycles.